The van der Waals surface area contributed by atoms with Gasteiger partial charge in [-0.25, -0.2) is 6.07 Å². The number of rotatable bonds is 3. The predicted molar refractivity (Wildman–Crippen MR) is 51.0 cm³/mol. The molecule has 0 heterocycles. The topological polar surface area (TPSA) is 3.01 Å². The van der Waals surface area contributed by atoms with Crippen molar-refractivity contribution in [1.82, 2.24) is 0 Å². The average Bonchev–Trinajstić information content (AvgIpc) is 2.15. The maximum Gasteiger partial charge on any atom is 0.103 e. The zero-order chi connectivity index (χ0) is 8.81. The van der Waals surface area contributed by atoms with Gasteiger partial charge in [0, 0.05) is 38.9 Å². The molecule has 0 aliphatic rings. The van der Waals surface area contributed by atoms with Crippen molar-refractivity contribution in [1.29, 1.82) is 0 Å². The van der Waals surface area contributed by atoms with Gasteiger partial charge in [0.2, 0.25) is 0 Å². The molecule has 0 aromatic heterocycles. The van der Waals surface area contributed by atoms with Gasteiger partial charge in [0.05, 0.1) is 0 Å². The van der Waals surface area contributed by atoms with E-state index in [1.165, 1.54) is 0 Å². The van der Waals surface area contributed by atoms with E-state index in [-0.39, 0.29) is 32.7 Å². The molecular formula is C11H14NY-. The van der Waals surface area contributed by atoms with Crippen molar-refractivity contribution in [2.24, 2.45) is 0 Å². The van der Waals surface area contributed by atoms with E-state index >= 15 is 0 Å². The maximum atomic E-state index is 3.25. The maximum absolute atomic E-state index is 3.25. The third-order valence-electron chi connectivity index (χ3n) is 1.65. The largest absolute Gasteiger partial charge is 0.388 e. The normalized spacial score (nSPS) is 10.8. The third kappa shape index (κ3) is 4.68. The van der Waals surface area contributed by atoms with Gasteiger partial charge in [-0.1, -0.05) is 19.0 Å². The van der Waals surface area contributed by atoms with Crippen LogP contribution in [-0.4, -0.2) is 17.8 Å². The summed E-state index contributed by atoms with van der Waals surface area (Å²) < 4.78 is 1.99. The minimum absolute atomic E-state index is 0. The van der Waals surface area contributed by atoms with E-state index in [1.54, 1.807) is 0 Å². The summed E-state index contributed by atoms with van der Waals surface area (Å²) in [5.74, 6) is 0. The second kappa shape index (κ2) is 7.40. The van der Waals surface area contributed by atoms with E-state index < -0.39 is 0 Å². The first kappa shape index (κ1) is 13.0. The van der Waals surface area contributed by atoms with Crippen LogP contribution in [0.1, 0.15) is 19.8 Å². The average molecular weight is 249 g/mol. The Balaban J connectivity index is 0.00000144. The molecule has 1 aromatic carbocycles. The van der Waals surface area contributed by atoms with Crippen LogP contribution in [0.15, 0.2) is 24.3 Å². The summed E-state index contributed by atoms with van der Waals surface area (Å²) in [5, 5.41) is 0. The van der Waals surface area contributed by atoms with Crippen LogP contribution < -0.4 is 0 Å². The van der Waals surface area contributed by atoms with Crippen molar-refractivity contribution in [2.75, 3.05) is 7.05 Å². The minimum Gasteiger partial charge on any atom is -0.388 e. The van der Waals surface area contributed by atoms with Crippen LogP contribution >= 0.6 is 0 Å². The number of nitrogens with zero attached hydrogens (tertiary/aromatic N) is 1. The molecule has 1 aromatic rings. The zero-order valence-electron chi connectivity index (χ0n) is 8.25. The molecule has 0 aliphatic heterocycles. The summed E-state index contributed by atoms with van der Waals surface area (Å²) in [6, 6.07) is 11.1. The molecular weight excluding hydrogens is 235 g/mol. The Bertz CT molecular complexity index is 254. The number of hydrogen-bond acceptors (Lipinski definition) is 0. The van der Waals surface area contributed by atoms with Crippen molar-refractivity contribution in [3.63, 3.8) is 0 Å². The van der Waals surface area contributed by atoms with Gasteiger partial charge in [-0.3, -0.25) is 0 Å². The number of unbranched alkanes of at least 4 members (excludes halogenated alkanes) is 1. The Morgan fingerprint density at radius 2 is 2.23 bits per heavy atom. The van der Waals surface area contributed by atoms with Crippen molar-refractivity contribution < 1.29 is 37.3 Å². The Kier molecular flexibility index (Phi) is 7.40. The van der Waals surface area contributed by atoms with E-state index in [1.807, 2.05) is 35.9 Å². The Hall–Kier alpha value is -0.00610. The van der Waals surface area contributed by atoms with Crippen molar-refractivity contribution in [3.8, 4) is 0 Å². The van der Waals surface area contributed by atoms with E-state index in [2.05, 4.69) is 19.2 Å². The summed E-state index contributed by atoms with van der Waals surface area (Å²) in [6.45, 7) is 2.15. The summed E-state index contributed by atoms with van der Waals surface area (Å²) >= 11 is 0. The van der Waals surface area contributed by atoms with Crippen molar-refractivity contribution in [3.05, 3.63) is 30.3 Å². The summed E-state index contributed by atoms with van der Waals surface area (Å²) in [7, 11) is 2.00. The van der Waals surface area contributed by atoms with Gasteiger partial charge in [-0.2, -0.15) is 24.3 Å². The Labute approximate surface area is 106 Å². The third-order valence-corrected chi connectivity index (χ3v) is 1.65. The fraction of sp³-hybridized carbons (Fsp3) is 0.364. The van der Waals surface area contributed by atoms with Crippen LogP contribution in [0.4, 0.5) is 5.69 Å². The van der Waals surface area contributed by atoms with Gasteiger partial charge in [0.15, 0.2) is 0 Å². The first-order chi connectivity index (χ1) is 5.84. The zero-order valence-corrected chi connectivity index (χ0v) is 11.1. The van der Waals surface area contributed by atoms with Gasteiger partial charge in [0.25, 0.3) is 0 Å². The molecule has 0 unspecified atom stereocenters. The molecule has 2 heteroatoms. The molecule has 1 radical (unpaired) electrons. The standard InChI is InChI=1S/C11H14N.Y/c1-3-4-10-12(2)11-8-6-5-7-9-11;/h5-8H,3-4H2,1-2H3;/q-1;. The van der Waals surface area contributed by atoms with Crippen molar-refractivity contribution in [2.45, 2.75) is 19.8 Å². The molecule has 0 saturated heterocycles. The number of benzene rings is 1. The number of para-hydroxylation sites is 1. The van der Waals surface area contributed by atoms with Crippen LogP contribution in [0.3, 0.4) is 0 Å². The van der Waals surface area contributed by atoms with E-state index in [9.17, 15) is 0 Å². The SMILES string of the molecule is CCC[C-]=[N+](C)c1[c-]cccc1.[Y]. The molecule has 1 rings (SSSR count). The molecule has 0 fully saturated rings. The molecule has 0 spiro atoms. The van der Waals surface area contributed by atoms with Gasteiger partial charge in [-0.15, -0.1) is 0 Å². The van der Waals surface area contributed by atoms with Crippen LogP contribution in [0.5, 0.6) is 0 Å². The quantitative estimate of drug-likeness (QED) is 0.440. The summed E-state index contributed by atoms with van der Waals surface area (Å²) in [5.41, 5.74) is 1.07. The molecule has 0 N–H and O–H groups in total. The minimum atomic E-state index is 0. The monoisotopic (exact) mass is 249 g/mol. The van der Waals surface area contributed by atoms with Gasteiger partial charge in [0.1, 0.15) is 7.05 Å². The Morgan fingerprint density at radius 1 is 1.46 bits per heavy atom. The molecule has 0 atom stereocenters. The predicted octanol–water partition coefficient (Wildman–Crippen LogP) is 2.51. The van der Waals surface area contributed by atoms with Gasteiger partial charge < -0.3 is 4.58 Å². The van der Waals surface area contributed by atoms with E-state index in [0.717, 1.165) is 18.5 Å². The molecule has 13 heavy (non-hydrogen) atoms. The first-order valence-electron chi connectivity index (χ1n) is 4.28. The molecule has 0 aliphatic carbocycles. The van der Waals surface area contributed by atoms with Gasteiger partial charge in [-0.05, 0) is 6.42 Å². The second-order valence-corrected chi connectivity index (χ2v) is 2.71. The van der Waals surface area contributed by atoms with Crippen molar-refractivity contribution >= 4 is 11.9 Å². The molecule has 0 saturated carbocycles. The fourth-order valence-electron chi connectivity index (χ4n) is 0.957. The van der Waals surface area contributed by atoms with Crippen LogP contribution in [-0.2, 0) is 32.7 Å². The van der Waals surface area contributed by atoms with E-state index in [0.29, 0.717) is 0 Å². The second-order valence-electron chi connectivity index (χ2n) is 2.71. The number of hydrogen-bond donors (Lipinski definition) is 0. The first-order valence-corrected chi connectivity index (χ1v) is 4.28. The molecule has 1 nitrogen and oxygen atoms in total. The van der Waals surface area contributed by atoms with Crippen LogP contribution in [0, 0.1) is 6.07 Å². The van der Waals surface area contributed by atoms with Crippen LogP contribution in [0.2, 0.25) is 0 Å². The van der Waals surface area contributed by atoms with Gasteiger partial charge >= 0.3 is 0 Å². The molecule has 0 amide bonds. The van der Waals surface area contributed by atoms with Crippen LogP contribution in [0.25, 0.3) is 0 Å². The summed E-state index contributed by atoms with van der Waals surface area (Å²) in [4.78, 5) is 0. The smallest absolute Gasteiger partial charge is 0.103 e. The van der Waals surface area contributed by atoms with E-state index in [4.69, 9.17) is 0 Å². The Morgan fingerprint density at radius 3 is 2.77 bits per heavy atom. The molecule has 0 bridgehead atoms. The fourth-order valence-corrected chi connectivity index (χ4v) is 0.957. The molecule has 67 valence electrons. The summed E-state index contributed by atoms with van der Waals surface area (Å²) in [6.07, 6.45) is 5.39.